The van der Waals surface area contributed by atoms with E-state index in [-0.39, 0.29) is 39.1 Å². The van der Waals surface area contributed by atoms with Gasteiger partial charge in [0.05, 0.1) is 20.8 Å². The number of sulfone groups is 1. The highest BCUT2D eigenvalue weighted by Gasteiger charge is 2.56. The number of nitrogens with one attached hydrogen (secondary N) is 1. The topological polar surface area (TPSA) is 109 Å². The van der Waals surface area contributed by atoms with E-state index in [0.717, 1.165) is 6.42 Å². The second-order valence-corrected chi connectivity index (χ2v) is 11.2. The quantitative estimate of drug-likeness (QED) is 0.740. The molecule has 5 atom stereocenters. The number of rotatable bonds is 4. The van der Waals surface area contributed by atoms with Gasteiger partial charge in [-0.2, -0.15) is 5.10 Å². The highest BCUT2D eigenvalue weighted by Crippen LogP contribution is 2.54. The van der Waals surface area contributed by atoms with E-state index in [2.05, 4.69) is 22.4 Å². The van der Waals surface area contributed by atoms with Crippen molar-refractivity contribution in [1.29, 1.82) is 0 Å². The zero-order valence-electron chi connectivity index (χ0n) is 16.7. The van der Waals surface area contributed by atoms with E-state index in [0.29, 0.717) is 12.8 Å². The molecule has 2 saturated carbocycles. The number of amides is 1. The third kappa shape index (κ3) is 3.61. The molecule has 0 saturated heterocycles. The molecule has 1 heterocycles. The van der Waals surface area contributed by atoms with Crippen LogP contribution < -0.4 is 5.32 Å². The van der Waals surface area contributed by atoms with Crippen molar-refractivity contribution in [1.82, 2.24) is 10.2 Å². The summed E-state index contributed by atoms with van der Waals surface area (Å²) in [6.45, 7) is 3.89. The van der Waals surface area contributed by atoms with E-state index in [1.165, 1.54) is 24.4 Å². The highest BCUT2D eigenvalue weighted by atomic mass is 35.5. The van der Waals surface area contributed by atoms with Crippen molar-refractivity contribution in [2.75, 3.05) is 5.32 Å². The number of aromatic nitrogens is 2. The maximum Gasteiger partial charge on any atom is 0.256 e. The Kier molecular flexibility index (Phi) is 5.36. The molecule has 0 spiro atoms. The number of benzene rings is 1. The van der Waals surface area contributed by atoms with E-state index < -0.39 is 26.6 Å². The fourth-order valence-electron chi connectivity index (χ4n) is 5.09. The lowest BCUT2D eigenvalue weighted by Crippen LogP contribution is -2.46. The van der Waals surface area contributed by atoms with Crippen LogP contribution in [0.25, 0.3) is 0 Å². The van der Waals surface area contributed by atoms with Crippen molar-refractivity contribution in [3.8, 4) is 0 Å². The summed E-state index contributed by atoms with van der Waals surface area (Å²) in [6.07, 6.45) is 3.08. The first-order valence-electron chi connectivity index (χ1n) is 9.95. The molecule has 4 rings (SSSR count). The maximum absolute atomic E-state index is 13.5. The van der Waals surface area contributed by atoms with Gasteiger partial charge in [0.15, 0.2) is 15.7 Å². The van der Waals surface area contributed by atoms with E-state index >= 15 is 0 Å². The lowest BCUT2D eigenvalue weighted by Gasteiger charge is -2.40. The minimum atomic E-state index is -3.77. The Balaban J connectivity index is 1.62. The van der Waals surface area contributed by atoms with E-state index in [1.54, 1.807) is 12.1 Å². The average Bonchev–Trinajstić information content (AvgIpc) is 2.83. The maximum atomic E-state index is 13.5. The number of halogens is 1. The summed E-state index contributed by atoms with van der Waals surface area (Å²) < 4.78 is 26.9. The molecule has 9 heteroatoms. The van der Waals surface area contributed by atoms with Gasteiger partial charge >= 0.3 is 0 Å². The number of nitrogens with zero attached hydrogens (tertiary/aromatic N) is 2. The van der Waals surface area contributed by atoms with Gasteiger partial charge in [-0.15, -0.1) is 5.10 Å². The van der Waals surface area contributed by atoms with Crippen molar-refractivity contribution in [3.05, 3.63) is 47.1 Å². The molecule has 0 radical (unpaired) electrons. The van der Waals surface area contributed by atoms with E-state index in [9.17, 15) is 18.3 Å². The van der Waals surface area contributed by atoms with Crippen LogP contribution in [0.2, 0.25) is 5.02 Å². The molecule has 30 heavy (non-hydrogen) atoms. The lowest BCUT2D eigenvalue weighted by atomic mass is 9.74. The fraction of sp³-hybridized carbons (Fsp3) is 0.476. The number of carbonyl (C=O) groups excluding carboxylic acids is 1. The molecule has 1 aromatic heterocycles. The number of anilines is 1. The number of hydrogen-bond donors (Lipinski definition) is 2. The largest absolute Gasteiger partial charge is 0.390 e. The van der Waals surface area contributed by atoms with Crippen molar-refractivity contribution in [2.45, 2.75) is 48.9 Å². The van der Waals surface area contributed by atoms with Crippen LogP contribution in [0.1, 0.15) is 43.5 Å². The first-order valence-corrected chi connectivity index (χ1v) is 11.9. The van der Waals surface area contributed by atoms with Crippen LogP contribution in [-0.4, -0.2) is 40.5 Å². The Morgan fingerprint density at radius 2 is 2.03 bits per heavy atom. The van der Waals surface area contributed by atoms with Gasteiger partial charge in [-0.3, -0.25) is 4.79 Å². The smallest absolute Gasteiger partial charge is 0.256 e. The molecular weight excluding hydrogens is 426 g/mol. The molecule has 2 fully saturated rings. The third-order valence-electron chi connectivity index (χ3n) is 6.74. The Hall–Kier alpha value is -2.03. The summed E-state index contributed by atoms with van der Waals surface area (Å²) in [6, 6.07) is 7.44. The standard InChI is InChI=1S/C21H24ClN3O4S/c1-12-8-14-10-15(11-16(12)21(14,2)27)30(28,29)18-9-13(5-6-17(18)22)20(26)24-19-4-3-7-23-25-19/h3-7,9,12,14-16,27H,8,10-11H2,1-2H3,(H,24,25,26)/t12-,14?,15?,16+,21+/m0/s1. The van der Waals surface area contributed by atoms with Gasteiger partial charge in [0.25, 0.3) is 5.91 Å². The van der Waals surface area contributed by atoms with Gasteiger partial charge < -0.3 is 10.4 Å². The van der Waals surface area contributed by atoms with E-state index in [4.69, 9.17) is 11.6 Å². The minimum Gasteiger partial charge on any atom is -0.390 e. The summed E-state index contributed by atoms with van der Waals surface area (Å²) >= 11 is 6.26. The van der Waals surface area contributed by atoms with Crippen molar-refractivity contribution < 1.29 is 18.3 Å². The molecule has 1 amide bonds. The molecular formula is C21H24ClN3O4S. The lowest BCUT2D eigenvalue weighted by molar-refractivity contribution is -0.0466. The number of aliphatic hydroxyl groups is 1. The molecule has 1 aromatic carbocycles. The van der Waals surface area contributed by atoms with Gasteiger partial charge in [0.2, 0.25) is 0 Å². The van der Waals surface area contributed by atoms with Gasteiger partial charge in [-0.05, 0) is 74.3 Å². The predicted octanol–water partition coefficient (Wildman–Crippen LogP) is 3.34. The van der Waals surface area contributed by atoms with Crippen LogP contribution in [0.15, 0.2) is 41.4 Å². The molecule has 160 valence electrons. The number of fused-ring (bicyclic) bond motifs is 2. The zero-order valence-corrected chi connectivity index (χ0v) is 18.3. The van der Waals surface area contributed by atoms with Crippen molar-refractivity contribution in [3.63, 3.8) is 0 Å². The molecule has 2 N–H and O–H groups in total. The zero-order chi connectivity index (χ0) is 21.7. The van der Waals surface area contributed by atoms with Crippen molar-refractivity contribution >= 4 is 33.2 Å². The van der Waals surface area contributed by atoms with E-state index in [1.807, 2.05) is 6.92 Å². The second kappa shape index (κ2) is 7.59. The summed E-state index contributed by atoms with van der Waals surface area (Å²) in [5.74, 6) is -0.0959. The van der Waals surface area contributed by atoms with Crippen LogP contribution in [0.4, 0.5) is 5.82 Å². The number of carbonyl (C=O) groups is 1. The predicted molar refractivity (Wildman–Crippen MR) is 113 cm³/mol. The average molecular weight is 450 g/mol. The van der Waals surface area contributed by atoms with Crippen LogP contribution in [0.5, 0.6) is 0 Å². The van der Waals surface area contributed by atoms with Crippen LogP contribution in [0.3, 0.4) is 0 Å². The monoisotopic (exact) mass is 449 g/mol. The summed E-state index contributed by atoms with van der Waals surface area (Å²) in [5.41, 5.74) is -0.670. The molecule has 0 aliphatic heterocycles. The SMILES string of the molecule is C[C@H]1CC2CC(S(=O)(=O)c3cc(C(=O)Nc4cccnn4)ccc3Cl)C[C@H]1[C@]2(C)O. The summed E-state index contributed by atoms with van der Waals surface area (Å²) in [4.78, 5) is 12.5. The van der Waals surface area contributed by atoms with Gasteiger partial charge in [0, 0.05) is 11.8 Å². The second-order valence-electron chi connectivity index (χ2n) is 8.59. The summed E-state index contributed by atoms with van der Waals surface area (Å²) in [5, 5.41) is 20.4. The van der Waals surface area contributed by atoms with Gasteiger partial charge in [-0.1, -0.05) is 18.5 Å². The number of hydrogen-bond acceptors (Lipinski definition) is 6. The normalized spacial score (nSPS) is 30.8. The minimum absolute atomic E-state index is 0.0467. The molecule has 2 unspecified atom stereocenters. The first-order chi connectivity index (χ1) is 14.1. The fourth-order valence-corrected chi connectivity index (χ4v) is 7.46. The Labute approximate surface area is 180 Å². The van der Waals surface area contributed by atoms with Crippen LogP contribution >= 0.6 is 11.6 Å². The molecule has 2 aromatic rings. The highest BCUT2D eigenvalue weighted by molar-refractivity contribution is 7.92. The Morgan fingerprint density at radius 3 is 2.70 bits per heavy atom. The van der Waals surface area contributed by atoms with Crippen molar-refractivity contribution in [2.24, 2.45) is 17.8 Å². The molecule has 2 aliphatic carbocycles. The van der Waals surface area contributed by atoms with Gasteiger partial charge in [0.1, 0.15) is 0 Å². The van der Waals surface area contributed by atoms with Crippen LogP contribution in [-0.2, 0) is 9.84 Å². The summed E-state index contributed by atoms with van der Waals surface area (Å²) in [7, 11) is -3.77. The van der Waals surface area contributed by atoms with Gasteiger partial charge in [-0.25, -0.2) is 8.42 Å². The molecule has 2 aliphatic rings. The first kappa shape index (κ1) is 21.2. The Bertz CT molecular complexity index is 1070. The van der Waals surface area contributed by atoms with Crippen LogP contribution in [0, 0.1) is 17.8 Å². The molecule has 7 nitrogen and oxygen atoms in total. The third-order valence-corrected chi connectivity index (χ3v) is 9.39. The molecule has 2 bridgehead atoms. The Morgan fingerprint density at radius 1 is 1.27 bits per heavy atom.